The van der Waals surface area contributed by atoms with E-state index < -0.39 is 0 Å². The highest BCUT2D eigenvalue weighted by Gasteiger charge is 2.07. The van der Waals surface area contributed by atoms with Crippen LogP contribution in [0.4, 0.5) is 0 Å². The van der Waals surface area contributed by atoms with E-state index in [4.69, 9.17) is 0 Å². The molecule has 0 saturated heterocycles. The summed E-state index contributed by atoms with van der Waals surface area (Å²) in [5.41, 5.74) is 4.83. The Kier molecular flexibility index (Phi) is 1.47. The molecule has 0 spiro atoms. The molecule has 0 radical (unpaired) electrons. The van der Waals surface area contributed by atoms with E-state index in [9.17, 15) is 0 Å². The number of imidazole rings is 1. The molecule has 3 aromatic rings. The first-order chi connectivity index (χ1) is 6.75. The van der Waals surface area contributed by atoms with Crippen molar-refractivity contribution in [1.29, 1.82) is 0 Å². The summed E-state index contributed by atoms with van der Waals surface area (Å²) in [7, 11) is 0. The van der Waals surface area contributed by atoms with E-state index in [2.05, 4.69) is 46.8 Å². The SMILES string of the molecule is Cc1ccc2c(c1)nc1scc(C)n12. The quantitative estimate of drug-likeness (QED) is 0.547. The summed E-state index contributed by atoms with van der Waals surface area (Å²) in [6.07, 6.45) is 0. The van der Waals surface area contributed by atoms with E-state index in [1.165, 1.54) is 16.8 Å². The smallest absolute Gasteiger partial charge is 0.194 e. The number of aryl methyl sites for hydroxylation is 2. The van der Waals surface area contributed by atoms with Crippen molar-refractivity contribution in [3.05, 3.63) is 34.8 Å². The molecule has 3 rings (SSSR count). The summed E-state index contributed by atoms with van der Waals surface area (Å²) < 4.78 is 2.21. The highest BCUT2D eigenvalue weighted by atomic mass is 32.1. The third kappa shape index (κ3) is 0.930. The second-order valence-electron chi connectivity index (χ2n) is 3.60. The fourth-order valence-electron chi connectivity index (χ4n) is 1.78. The molecule has 2 heterocycles. The summed E-state index contributed by atoms with van der Waals surface area (Å²) in [4.78, 5) is 5.66. The lowest BCUT2D eigenvalue weighted by atomic mass is 10.2. The maximum Gasteiger partial charge on any atom is 0.194 e. The molecule has 0 amide bonds. The van der Waals surface area contributed by atoms with E-state index in [1.807, 2.05) is 0 Å². The Balaban J connectivity index is 2.58. The average Bonchev–Trinajstić information content (AvgIpc) is 2.66. The molecule has 3 heteroatoms. The van der Waals surface area contributed by atoms with Crippen molar-refractivity contribution in [2.24, 2.45) is 0 Å². The maximum atomic E-state index is 4.58. The Bertz CT molecular complexity index is 619. The summed E-state index contributed by atoms with van der Waals surface area (Å²) >= 11 is 1.70. The van der Waals surface area contributed by atoms with Gasteiger partial charge in [0.15, 0.2) is 4.96 Å². The number of rotatable bonds is 0. The van der Waals surface area contributed by atoms with Gasteiger partial charge >= 0.3 is 0 Å². The molecular formula is C11H10N2S. The van der Waals surface area contributed by atoms with Gasteiger partial charge in [0.25, 0.3) is 0 Å². The topological polar surface area (TPSA) is 17.3 Å². The van der Waals surface area contributed by atoms with Crippen LogP contribution < -0.4 is 0 Å². The fourth-order valence-corrected chi connectivity index (χ4v) is 2.66. The third-order valence-corrected chi connectivity index (χ3v) is 3.41. The second kappa shape index (κ2) is 2.58. The van der Waals surface area contributed by atoms with Crippen LogP contribution in [0.15, 0.2) is 23.6 Å². The van der Waals surface area contributed by atoms with Gasteiger partial charge in [0.1, 0.15) is 0 Å². The molecular weight excluding hydrogens is 192 g/mol. The van der Waals surface area contributed by atoms with Crippen molar-refractivity contribution in [3.8, 4) is 0 Å². The molecule has 0 N–H and O–H groups in total. The Morgan fingerprint density at radius 2 is 2.14 bits per heavy atom. The van der Waals surface area contributed by atoms with E-state index in [0.29, 0.717) is 0 Å². The van der Waals surface area contributed by atoms with Crippen LogP contribution in [-0.4, -0.2) is 9.38 Å². The van der Waals surface area contributed by atoms with Crippen LogP contribution >= 0.6 is 11.3 Å². The molecule has 14 heavy (non-hydrogen) atoms. The normalized spacial score (nSPS) is 11.6. The summed E-state index contributed by atoms with van der Waals surface area (Å²) in [5.74, 6) is 0. The van der Waals surface area contributed by atoms with Gasteiger partial charge in [-0.3, -0.25) is 4.40 Å². The van der Waals surface area contributed by atoms with E-state index in [-0.39, 0.29) is 0 Å². The Labute approximate surface area is 85.8 Å². The highest BCUT2D eigenvalue weighted by Crippen LogP contribution is 2.23. The molecule has 1 aromatic carbocycles. The fraction of sp³-hybridized carbons (Fsp3) is 0.182. The monoisotopic (exact) mass is 202 g/mol. The maximum absolute atomic E-state index is 4.58. The van der Waals surface area contributed by atoms with E-state index in [0.717, 1.165) is 10.5 Å². The van der Waals surface area contributed by atoms with Gasteiger partial charge in [0.05, 0.1) is 11.0 Å². The van der Waals surface area contributed by atoms with Crippen LogP contribution in [0.3, 0.4) is 0 Å². The van der Waals surface area contributed by atoms with Crippen molar-refractivity contribution >= 4 is 27.3 Å². The van der Waals surface area contributed by atoms with Crippen molar-refractivity contribution < 1.29 is 0 Å². The lowest BCUT2D eigenvalue weighted by molar-refractivity contribution is 1.17. The highest BCUT2D eigenvalue weighted by molar-refractivity contribution is 7.15. The molecule has 0 aliphatic carbocycles. The van der Waals surface area contributed by atoms with Gasteiger partial charge in [-0.1, -0.05) is 6.07 Å². The van der Waals surface area contributed by atoms with Crippen LogP contribution in [0, 0.1) is 13.8 Å². The first kappa shape index (κ1) is 8.00. The first-order valence-corrected chi connectivity index (χ1v) is 5.46. The lowest BCUT2D eigenvalue weighted by Crippen LogP contribution is -1.82. The zero-order valence-electron chi connectivity index (χ0n) is 8.11. The number of nitrogens with zero attached hydrogens (tertiary/aromatic N) is 2. The molecule has 0 unspecified atom stereocenters. The molecule has 0 aliphatic rings. The Morgan fingerprint density at radius 3 is 3.00 bits per heavy atom. The van der Waals surface area contributed by atoms with Gasteiger partial charge in [0, 0.05) is 11.1 Å². The average molecular weight is 202 g/mol. The number of benzene rings is 1. The van der Waals surface area contributed by atoms with Gasteiger partial charge in [-0.15, -0.1) is 11.3 Å². The Hall–Kier alpha value is -1.35. The Morgan fingerprint density at radius 1 is 1.29 bits per heavy atom. The molecule has 2 aromatic heterocycles. The van der Waals surface area contributed by atoms with Crippen LogP contribution in [0.1, 0.15) is 11.3 Å². The zero-order chi connectivity index (χ0) is 9.71. The van der Waals surface area contributed by atoms with E-state index >= 15 is 0 Å². The van der Waals surface area contributed by atoms with Gasteiger partial charge < -0.3 is 0 Å². The minimum atomic E-state index is 1.09. The molecule has 0 saturated carbocycles. The summed E-state index contributed by atoms with van der Waals surface area (Å²) in [6.45, 7) is 4.21. The zero-order valence-corrected chi connectivity index (χ0v) is 8.93. The van der Waals surface area contributed by atoms with Gasteiger partial charge in [-0.25, -0.2) is 4.98 Å². The predicted octanol–water partition coefficient (Wildman–Crippen LogP) is 3.17. The summed E-state index contributed by atoms with van der Waals surface area (Å²) in [5, 5.41) is 2.14. The van der Waals surface area contributed by atoms with Crippen LogP contribution in [0.2, 0.25) is 0 Å². The van der Waals surface area contributed by atoms with Crippen LogP contribution in [-0.2, 0) is 0 Å². The van der Waals surface area contributed by atoms with Crippen molar-refractivity contribution in [1.82, 2.24) is 9.38 Å². The molecule has 0 atom stereocenters. The van der Waals surface area contributed by atoms with E-state index in [1.54, 1.807) is 11.3 Å². The number of thiazole rings is 1. The minimum absolute atomic E-state index is 1.09. The molecule has 0 aliphatic heterocycles. The third-order valence-electron chi connectivity index (χ3n) is 2.47. The first-order valence-electron chi connectivity index (χ1n) is 4.58. The minimum Gasteiger partial charge on any atom is -0.288 e. The molecule has 70 valence electrons. The van der Waals surface area contributed by atoms with Crippen molar-refractivity contribution in [3.63, 3.8) is 0 Å². The largest absolute Gasteiger partial charge is 0.288 e. The van der Waals surface area contributed by atoms with Crippen LogP contribution in [0.5, 0.6) is 0 Å². The standard InChI is InChI=1S/C11H10N2S/c1-7-3-4-10-9(5-7)12-11-13(10)8(2)6-14-11/h3-6H,1-2H3. The van der Waals surface area contributed by atoms with Gasteiger partial charge in [0.2, 0.25) is 0 Å². The van der Waals surface area contributed by atoms with Crippen molar-refractivity contribution in [2.75, 3.05) is 0 Å². The molecule has 0 bridgehead atoms. The number of aromatic nitrogens is 2. The van der Waals surface area contributed by atoms with Gasteiger partial charge in [-0.2, -0.15) is 0 Å². The predicted molar refractivity (Wildman–Crippen MR) is 60.0 cm³/mol. The van der Waals surface area contributed by atoms with Crippen LogP contribution in [0.25, 0.3) is 16.0 Å². The number of hydrogen-bond donors (Lipinski definition) is 0. The van der Waals surface area contributed by atoms with Crippen molar-refractivity contribution in [2.45, 2.75) is 13.8 Å². The molecule has 0 fully saturated rings. The second-order valence-corrected chi connectivity index (χ2v) is 4.44. The summed E-state index contributed by atoms with van der Waals surface area (Å²) in [6, 6.07) is 6.41. The lowest BCUT2D eigenvalue weighted by Gasteiger charge is -1.94. The number of hydrogen-bond acceptors (Lipinski definition) is 2. The molecule has 2 nitrogen and oxygen atoms in total. The number of fused-ring (bicyclic) bond motifs is 3. The van der Waals surface area contributed by atoms with Gasteiger partial charge in [-0.05, 0) is 31.5 Å².